The molecule has 0 saturated heterocycles. The minimum Gasteiger partial charge on any atom is -0.307 e. The molecule has 0 amide bonds. The first kappa shape index (κ1) is 9.65. The van der Waals surface area contributed by atoms with E-state index in [9.17, 15) is 0 Å². The number of nitrogens with zero attached hydrogens (tertiary/aromatic N) is 2. The third kappa shape index (κ3) is 2.32. The van der Waals surface area contributed by atoms with E-state index in [4.69, 9.17) is 0 Å². The Bertz CT molecular complexity index is 294. The van der Waals surface area contributed by atoms with Crippen molar-refractivity contribution >= 4 is 0 Å². The lowest BCUT2D eigenvalue weighted by atomic mass is 10.1. The fourth-order valence-corrected chi connectivity index (χ4v) is 2.10. The summed E-state index contributed by atoms with van der Waals surface area (Å²) in [6, 6.07) is 0.670. The minimum absolute atomic E-state index is 0.670. The molecular formula is C10H18N4. The summed E-state index contributed by atoms with van der Waals surface area (Å²) in [7, 11) is 0. The van der Waals surface area contributed by atoms with E-state index >= 15 is 0 Å². The molecule has 1 fully saturated rings. The van der Waals surface area contributed by atoms with E-state index in [1.807, 2.05) is 6.92 Å². The van der Waals surface area contributed by atoms with Gasteiger partial charge in [0.2, 0.25) is 0 Å². The van der Waals surface area contributed by atoms with Crippen molar-refractivity contribution in [3.63, 3.8) is 0 Å². The van der Waals surface area contributed by atoms with Crippen molar-refractivity contribution < 1.29 is 0 Å². The van der Waals surface area contributed by atoms with E-state index in [1.165, 1.54) is 19.3 Å². The fourth-order valence-electron chi connectivity index (χ4n) is 2.10. The molecule has 4 nitrogen and oxygen atoms in total. The largest absolute Gasteiger partial charge is 0.307 e. The molecule has 1 aromatic rings. The van der Waals surface area contributed by atoms with Gasteiger partial charge in [-0.2, -0.15) is 5.10 Å². The molecule has 0 spiro atoms. The molecule has 1 aliphatic carbocycles. The smallest absolute Gasteiger partial charge is 0.164 e. The zero-order valence-corrected chi connectivity index (χ0v) is 8.88. The summed E-state index contributed by atoms with van der Waals surface area (Å²) in [6.07, 6.45) is 3.94. The first-order valence-electron chi connectivity index (χ1n) is 5.35. The van der Waals surface area contributed by atoms with Crippen LogP contribution in [0.4, 0.5) is 0 Å². The molecular weight excluding hydrogens is 176 g/mol. The molecule has 2 atom stereocenters. The van der Waals surface area contributed by atoms with Crippen LogP contribution in [0.1, 0.15) is 37.8 Å². The van der Waals surface area contributed by atoms with Crippen LogP contribution in [0.3, 0.4) is 0 Å². The van der Waals surface area contributed by atoms with Gasteiger partial charge in [-0.15, -0.1) is 0 Å². The molecule has 0 aromatic carbocycles. The van der Waals surface area contributed by atoms with Crippen LogP contribution < -0.4 is 5.32 Å². The van der Waals surface area contributed by atoms with Crippen molar-refractivity contribution in [3.8, 4) is 0 Å². The van der Waals surface area contributed by atoms with Crippen molar-refractivity contribution in [1.82, 2.24) is 20.5 Å². The van der Waals surface area contributed by atoms with Crippen LogP contribution in [0.5, 0.6) is 0 Å². The molecule has 1 saturated carbocycles. The lowest BCUT2D eigenvalue weighted by molar-refractivity contribution is 0.494. The van der Waals surface area contributed by atoms with Crippen LogP contribution >= 0.6 is 0 Å². The average Bonchev–Trinajstić information content (AvgIpc) is 2.72. The zero-order chi connectivity index (χ0) is 9.97. The van der Waals surface area contributed by atoms with Crippen molar-refractivity contribution in [2.24, 2.45) is 5.92 Å². The summed E-state index contributed by atoms with van der Waals surface area (Å²) < 4.78 is 0. The molecule has 1 aliphatic rings. The highest BCUT2D eigenvalue weighted by molar-refractivity contribution is 4.88. The molecule has 2 unspecified atom stereocenters. The van der Waals surface area contributed by atoms with Gasteiger partial charge >= 0.3 is 0 Å². The van der Waals surface area contributed by atoms with Crippen molar-refractivity contribution in [1.29, 1.82) is 0 Å². The summed E-state index contributed by atoms with van der Waals surface area (Å²) in [6.45, 7) is 5.04. The van der Waals surface area contributed by atoms with Crippen molar-refractivity contribution in [2.45, 2.75) is 45.7 Å². The molecule has 4 heteroatoms. The maximum atomic E-state index is 4.26. The predicted molar refractivity (Wildman–Crippen MR) is 54.8 cm³/mol. The van der Waals surface area contributed by atoms with Gasteiger partial charge in [0.05, 0.1) is 6.54 Å². The normalized spacial score (nSPS) is 27.0. The van der Waals surface area contributed by atoms with Crippen LogP contribution in [-0.2, 0) is 6.54 Å². The monoisotopic (exact) mass is 194 g/mol. The van der Waals surface area contributed by atoms with Gasteiger partial charge in [-0.05, 0) is 32.1 Å². The Morgan fingerprint density at radius 3 is 2.93 bits per heavy atom. The summed E-state index contributed by atoms with van der Waals surface area (Å²) in [4.78, 5) is 4.26. The Hall–Kier alpha value is -0.900. The van der Waals surface area contributed by atoms with E-state index < -0.39 is 0 Å². The molecule has 0 bridgehead atoms. The van der Waals surface area contributed by atoms with Gasteiger partial charge < -0.3 is 5.32 Å². The molecule has 1 heterocycles. The quantitative estimate of drug-likeness (QED) is 0.764. The predicted octanol–water partition coefficient (Wildman–Crippen LogP) is 1.39. The van der Waals surface area contributed by atoms with E-state index in [0.29, 0.717) is 6.04 Å². The van der Waals surface area contributed by atoms with Crippen LogP contribution in [0.15, 0.2) is 0 Å². The standard InChI is InChI=1S/C10H18N4/c1-7-3-4-9(5-7)11-6-10-12-8(2)13-14-10/h7,9,11H,3-6H2,1-2H3,(H,12,13,14). The highest BCUT2D eigenvalue weighted by Gasteiger charge is 2.20. The second-order valence-electron chi connectivity index (χ2n) is 4.33. The SMILES string of the molecule is Cc1nc(CNC2CCC(C)C2)n[nH]1. The van der Waals surface area contributed by atoms with E-state index in [1.54, 1.807) is 0 Å². The van der Waals surface area contributed by atoms with Crippen LogP contribution in [-0.4, -0.2) is 21.2 Å². The number of aromatic amines is 1. The van der Waals surface area contributed by atoms with Gasteiger partial charge in [-0.3, -0.25) is 5.10 Å². The minimum atomic E-state index is 0.670. The molecule has 78 valence electrons. The van der Waals surface area contributed by atoms with Gasteiger partial charge in [-0.25, -0.2) is 4.98 Å². The summed E-state index contributed by atoms with van der Waals surface area (Å²) in [5.74, 6) is 2.64. The second kappa shape index (κ2) is 4.09. The average molecular weight is 194 g/mol. The molecule has 14 heavy (non-hydrogen) atoms. The third-order valence-electron chi connectivity index (χ3n) is 2.89. The number of hydrogen-bond acceptors (Lipinski definition) is 3. The lowest BCUT2D eigenvalue weighted by Gasteiger charge is -2.09. The Balaban J connectivity index is 1.77. The molecule has 2 N–H and O–H groups in total. The van der Waals surface area contributed by atoms with Gasteiger partial charge in [0.25, 0.3) is 0 Å². The summed E-state index contributed by atoms with van der Waals surface area (Å²) in [5, 5.41) is 10.4. The molecule has 0 radical (unpaired) electrons. The van der Waals surface area contributed by atoms with Gasteiger partial charge in [0, 0.05) is 6.04 Å². The Labute approximate surface area is 84.5 Å². The van der Waals surface area contributed by atoms with Crippen molar-refractivity contribution in [3.05, 3.63) is 11.6 Å². The Morgan fingerprint density at radius 1 is 1.50 bits per heavy atom. The molecule has 2 rings (SSSR count). The first-order chi connectivity index (χ1) is 6.74. The highest BCUT2D eigenvalue weighted by Crippen LogP contribution is 2.24. The van der Waals surface area contributed by atoms with Crippen LogP contribution in [0.25, 0.3) is 0 Å². The van der Waals surface area contributed by atoms with E-state index in [2.05, 4.69) is 27.4 Å². The maximum absolute atomic E-state index is 4.26. The topological polar surface area (TPSA) is 53.6 Å². The number of rotatable bonds is 3. The number of aryl methyl sites for hydroxylation is 1. The van der Waals surface area contributed by atoms with E-state index in [-0.39, 0.29) is 0 Å². The lowest BCUT2D eigenvalue weighted by Crippen LogP contribution is -2.26. The van der Waals surface area contributed by atoms with Gasteiger partial charge in [0.1, 0.15) is 5.82 Å². The Morgan fingerprint density at radius 2 is 2.36 bits per heavy atom. The summed E-state index contributed by atoms with van der Waals surface area (Å²) >= 11 is 0. The number of nitrogens with one attached hydrogen (secondary N) is 2. The zero-order valence-electron chi connectivity index (χ0n) is 8.88. The third-order valence-corrected chi connectivity index (χ3v) is 2.89. The molecule has 0 aliphatic heterocycles. The van der Waals surface area contributed by atoms with Gasteiger partial charge in [-0.1, -0.05) is 6.92 Å². The molecule has 1 aromatic heterocycles. The summed E-state index contributed by atoms with van der Waals surface area (Å²) in [5.41, 5.74) is 0. The fraction of sp³-hybridized carbons (Fsp3) is 0.800. The second-order valence-corrected chi connectivity index (χ2v) is 4.33. The Kier molecular flexibility index (Phi) is 2.82. The highest BCUT2D eigenvalue weighted by atomic mass is 15.2. The maximum Gasteiger partial charge on any atom is 0.164 e. The van der Waals surface area contributed by atoms with Crippen molar-refractivity contribution in [2.75, 3.05) is 0 Å². The number of aromatic nitrogens is 3. The van der Waals surface area contributed by atoms with Crippen LogP contribution in [0.2, 0.25) is 0 Å². The van der Waals surface area contributed by atoms with E-state index in [0.717, 1.165) is 24.1 Å². The van der Waals surface area contributed by atoms with Gasteiger partial charge in [0.15, 0.2) is 5.82 Å². The number of hydrogen-bond donors (Lipinski definition) is 2. The first-order valence-corrected chi connectivity index (χ1v) is 5.35. The van der Waals surface area contributed by atoms with Crippen LogP contribution in [0, 0.1) is 12.8 Å². The number of H-pyrrole nitrogens is 1.